The van der Waals surface area contributed by atoms with Gasteiger partial charge < -0.3 is 5.32 Å². The van der Waals surface area contributed by atoms with E-state index >= 15 is 0 Å². The van der Waals surface area contributed by atoms with Gasteiger partial charge in [-0.1, -0.05) is 54.1 Å². The van der Waals surface area contributed by atoms with Gasteiger partial charge in [0.05, 0.1) is 28.4 Å². The predicted octanol–water partition coefficient (Wildman–Crippen LogP) is 4.78. The van der Waals surface area contributed by atoms with Gasteiger partial charge in [0.15, 0.2) is 4.96 Å². The van der Waals surface area contributed by atoms with Crippen LogP contribution in [0.25, 0.3) is 21.9 Å². The van der Waals surface area contributed by atoms with Gasteiger partial charge in [-0.2, -0.15) is 5.10 Å². The van der Waals surface area contributed by atoms with E-state index in [1.807, 2.05) is 66.9 Å². The zero-order valence-corrected chi connectivity index (χ0v) is 21.4. The number of hydrogen-bond donors (Lipinski definition) is 1. The molecule has 182 valence electrons. The van der Waals surface area contributed by atoms with Gasteiger partial charge in [-0.05, 0) is 44.0 Å². The second-order valence-corrected chi connectivity index (χ2v) is 9.76. The zero-order chi connectivity index (χ0) is 25.2. The van der Waals surface area contributed by atoms with Crippen molar-refractivity contribution in [1.82, 2.24) is 24.5 Å². The highest BCUT2D eigenvalue weighted by Crippen LogP contribution is 2.26. The Morgan fingerprint density at radius 1 is 1.08 bits per heavy atom. The number of aryl methyl sites for hydroxylation is 2. The average molecular weight is 518 g/mol. The van der Waals surface area contributed by atoms with Gasteiger partial charge in [0, 0.05) is 23.3 Å². The Morgan fingerprint density at radius 3 is 2.61 bits per heavy atom. The van der Waals surface area contributed by atoms with E-state index in [0.717, 1.165) is 23.4 Å². The molecular weight excluding hydrogens is 494 g/mol. The van der Waals surface area contributed by atoms with Crippen LogP contribution in [0.5, 0.6) is 0 Å². The number of hydrogen-bond acceptors (Lipinski definition) is 5. The maximum atomic E-state index is 13.7. The molecule has 0 saturated heterocycles. The molecule has 0 saturated carbocycles. The first kappa shape index (κ1) is 24.0. The van der Waals surface area contributed by atoms with Crippen molar-refractivity contribution in [3.05, 3.63) is 104 Å². The number of fused-ring (bicyclic) bond motifs is 1. The second kappa shape index (κ2) is 10.1. The summed E-state index contributed by atoms with van der Waals surface area (Å²) in [5.41, 5.74) is 4.61. The van der Waals surface area contributed by atoms with E-state index in [2.05, 4.69) is 15.4 Å². The summed E-state index contributed by atoms with van der Waals surface area (Å²) in [5, 5.41) is 10.0. The van der Waals surface area contributed by atoms with Crippen LogP contribution in [0.2, 0.25) is 5.02 Å². The van der Waals surface area contributed by atoms with E-state index < -0.39 is 0 Å². The number of thiazole rings is 1. The molecule has 5 aromatic rings. The molecule has 0 atom stereocenters. The van der Waals surface area contributed by atoms with E-state index in [1.54, 1.807) is 17.7 Å². The lowest BCUT2D eigenvalue weighted by molar-refractivity contribution is -0.120. The molecule has 0 bridgehead atoms. The molecule has 1 amide bonds. The van der Waals surface area contributed by atoms with Crippen LogP contribution >= 0.6 is 22.9 Å². The predicted molar refractivity (Wildman–Crippen MR) is 143 cm³/mol. The van der Waals surface area contributed by atoms with Crippen LogP contribution in [-0.4, -0.2) is 31.6 Å². The number of aromatic nitrogens is 4. The summed E-state index contributed by atoms with van der Waals surface area (Å²) in [6, 6.07) is 19.3. The van der Waals surface area contributed by atoms with Crippen LogP contribution < -0.4 is 10.9 Å². The Kier molecular flexibility index (Phi) is 6.71. The zero-order valence-electron chi connectivity index (χ0n) is 19.9. The van der Waals surface area contributed by atoms with E-state index in [9.17, 15) is 9.59 Å². The average Bonchev–Trinajstić information content (AvgIpc) is 3.43. The minimum atomic E-state index is -0.241. The minimum Gasteiger partial charge on any atom is -0.355 e. The number of nitrogens with one attached hydrogen (secondary N) is 1. The number of nitrogens with zero attached hydrogens (tertiary/aromatic N) is 4. The molecule has 0 spiro atoms. The molecule has 36 heavy (non-hydrogen) atoms. The Hall–Kier alpha value is -3.75. The van der Waals surface area contributed by atoms with Gasteiger partial charge in [0.1, 0.15) is 5.69 Å². The fraction of sp³-hybridized carbons (Fsp3) is 0.185. The number of para-hydroxylation sites is 1. The molecule has 1 N–H and O–H groups in total. The summed E-state index contributed by atoms with van der Waals surface area (Å²) in [4.78, 5) is 31.5. The van der Waals surface area contributed by atoms with E-state index in [0.29, 0.717) is 39.2 Å². The number of carbonyl (C=O) groups is 1. The van der Waals surface area contributed by atoms with Crippen LogP contribution in [-0.2, 0) is 17.6 Å². The molecule has 0 aliphatic carbocycles. The summed E-state index contributed by atoms with van der Waals surface area (Å²) < 4.78 is 3.24. The smallest absolute Gasteiger partial charge is 0.268 e. The van der Waals surface area contributed by atoms with Crippen molar-refractivity contribution < 1.29 is 4.79 Å². The fourth-order valence-electron chi connectivity index (χ4n) is 4.21. The molecule has 0 radical (unpaired) electrons. The highest BCUT2D eigenvalue weighted by Gasteiger charge is 2.20. The Bertz CT molecular complexity index is 1620. The number of halogens is 1. The third-order valence-corrected chi connectivity index (χ3v) is 7.16. The first-order valence-electron chi connectivity index (χ1n) is 11.5. The topological polar surface area (TPSA) is 81.3 Å². The molecule has 3 aromatic heterocycles. The molecule has 7 nitrogen and oxygen atoms in total. The van der Waals surface area contributed by atoms with Crippen LogP contribution in [0.3, 0.4) is 0 Å². The van der Waals surface area contributed by atoms with Crippen LogP contribution in [0.4, 0.5) is 0 Å². The van der Waals surface area contributed by atoms with Crippen molar-refractivity contribution in [2.24, 2.45) is 0 Å². The van der Waals surface area contributed by atoms with Crippen molar-refractivity contribution in [2.45, 2.75) is 26.7 Å². The Balaban J connectivity index is 1.43. The van der Waals surface area contributed by atoms with E-state index in [1.165, 1.54) is 15.7 Å². The molecule has 9 heteroatoms. The molecule has 5 rings (SSSR count). The maximum absolute atomic E-state index is 13.7. The SMILES string of the molecule is Cc1nc2scc(CC(=O)NCCc3ccccc3)n2c(=O)c1-c1cc(C)n(-c2ccccc2Cl)n1. The van der Waals surface area contributed by atoms with Crippen molar-refractivity contribution >= 4 is 33.8 Å². The van der Waals surface area contributed by atoms with Crippen molar-refractivity contribution in [1.29, 1.82) is 0 Å². The van der Waals surface area contributed by atoms with Crippen molar-refractivity contribution in [3.8, 4) is 16.9 Å². The lowest BCUT2D eigenvalue weighted by Crippen LogP contribution is -2.29. The first-order valence-corrected chi connectivity index (χ1v) is 12.8. The number of carbonyl (C=O) groups excluding carboxylic acids is 1. The lowest BCUT2D eigenvalue weighted by atomic mass is 10.1. The summed E-state index contributed by atoms with van der Waals surface area (Å²) in [6.07, 6.45) is 0.835. The van der Waals surface area contributed by atoms with Crippen molar-refractivity contribution in [2.75, 3.05) is 6.54 Å². The monoisotopic (exact) mass is 517 g/mol. The maximum Gasteiger partial charge on any atom is 0.268 e. The van der Waals surface area contributed by atoms with Gasteiger partial charge in [-0.3, -0.25) is 14.0 Å². The van der Waals surface area contributed by atoms with Crippen molar-refractivity contribution in [3.63, 3.8) is 0 Å². The largest absolute Gasteiger partial charge is 0.355 e. The third kappa shape index (κ3) is 4.69. The fourth-order valence-corrected chi connectivity index (χ4v) is 5.35. The Labute approximate surface area is 217 Å². The third-order valence-electron chi connectivity index (χ3n) is 5.97. The molecule has 0 fully saturated rings. The van der Waals surface area contributed by atoms with Crippen LogP contribution in [0.15, 0.2) is 70.8 Å². The molecule has 0 unspecified atom stereocenters. The lowest BCUT2D eigenvalue weighted by Gasteiger charge is -2.08. The summed E-state index contributed by atoms with van der Waals surface area (Å²) in [5.74, 6) is -0.140. The first-order chi connectivity index (χ1) is 17.4. The normalized spacial score (nSPS) is 11.2. The van der Waals surface area contributed by atoms with Gasteiger partial charge in [0.25, 0.3) is 5.56 Å². The summed E-state index contributed by atoms with van der Waals surface area (Å²) in [6.45, 7) is 4.24. The Morgan fingerprint density at radius 2 is 1.83 bits per heavy atom. The molecular formula is C27H24ClN5O2S. The summed E-state index contributed by atoms with van der Waals surface area (Å²) in [7, 11) is 0. The standard InChI is InChI=1S/C27H24ClN5O2S/c1-17-14-22(31-33(17)23-11-7-6-10-21(23)28)25-18(2)30-27-32(26(25)35)20(16-36-27)15-24(34)29-13-12-19-8-4-3-5-9-19/h3-11,14,16H,12-13,15H2,1-2H3,(H,29,34). The molecule has 0 aliphatic heterocycles. The number of benzene rings is 2. The van der Waals surface area contributed by atoms with Crippen LogP contribution in [0.1, 0.15) is 22.6 Å². The molecule has 2 aromatic carbocycles. The van der Waals surface area contributed by atoms with E-state index in [-0.39, 0.29) is 17.9 Å². The van der Waals surface area contributed by atoms with Crippen LogP contribution in [0, 0.1) is 13.8 Å². The minimum absolute atomic E-state index is 0.0893. The van der Waals surface area contributed by atoms with Gasteiger partial charge in [-0.25, -0.2) is 9.67 Å². The number of amides is 1. The van der Waals surface area contributed by atoms with Gasteiger partial charge in [0.2, 0.25) is 5.91 Å². The van der Waals surface area contributed by atoms with Gasteiger partial charge >= 0.3 is 0 Å². The van der Waals surface area contributed by atoms with Gasteiger partial charge in [-0.15, -0.1) is 11.3 Å². The second-order valence-electron chi connectivity index (χ2n) is 8.52. The highest BCUT2D eigenvalue weighted by atomic mass is 35.5. The molecule has 0 aliphatic rings. The molecule has 3 heterocycles. The summed E-state index contributed by atoms with van der Waals surface area (Å²) >= 11 is 7.72. The quantitative estimate of drug-likeness (QED) is 0.337. The number of rotatable bonds is 7. The highest BCUT2D eigenvalue weighted by molar-refractivity contribution is 7.15. The van der Waals surface area contributed by atoms with E-state index in [4.69, 9.17) is 11.6 Å².